The topological polar surface area (TPSA) is 75.7 Å². The van der Waals surface area contributed by atoms with E-state index in [4.69, 9.17) is 4.74 Å². The summed E-state index contributed by atoms with van der Waals surface area (Å²) in [6, 6.07) is 15.4. The number of alkyl halides is 3. The highest BCUT2D eigenvalue weighted by Crippen LogP contribution is 2.36. The van der Waals surface area contributed by atoms with Crippen LogP contribution < -0.4 is 10.1 Å². The molecule has 10 heteroatoms. The third-order valence-corrected chi connectivity index (χ3v) is 6.52. The Hall–Kier alpha value is -3.53. The molecule has 3 aromatic rings. The Labute approximate surface area is 194 Å². The summed E-state index contributed by atoms with van der Waals surface area (Å²) in [6.45, 7) is 0.800. The van der Waals surface area contributed by atoms with E-state index < -0.39 is 27.6 Å². The minimum absolute atomic E-state index is 0.0555. The van der Waals surface area contributed by atoms with Gasteiger partial charge in [0.1, 0.15) is 11.5 Å². The SMILES string of the molecule is CS(=O)(=O)c1ccc(Oc2cc(NC(=O)N3CCc4ccccc4C3)cc(C(F)(F)F)c2)cc1. The summed E-state index contributed by atoms with van der Waals surface area (Å²) in [5.74, 6) is -0.00198. The number of ether oxygens (including phenoxy) is 1. The quantitative estimate of drug-likeness (QED) is 0.525. The Morgan fingerprint density at radius 3 is 2.29 bits per heavy atom. The van der Waals surface area contributed by atoms with Crippen LogP contribution in [0.15, 0.2) is 71.6 Å². The molecule has 1 aliphatic heterocycles. The van der Waals surface area contributed by atoms with Gasteiger partial charge in [0.05, 0.1) is 10.5 Å². The maximum absolute atomic E-state index is 13.5. The molecular formula is C24H21F3N2O4S. The fourth-order valence-electron chi connectivity index (χ4n) is 3.66. The lowest BCUT2D eigenvalue weighted by Crippen LogP contribution is -2.38. The van der Waals surface area contributed by atoms with Gasteiger partial charge in [-0.05, 0) is 53.9 Å². The van der Waals surface area contributed by atoms with Crippen molar-refractivity contribution in [2.75, 3.05) is 18.1 Å². The zero-order valence-electron chi connectivity index (χ0n) is 18.1. The van der Waals surface area contributed by atoms with Crippen LogP contribution in [0.5, 0.6) is 11.5 Å². The lowest BCUT2D eigenvalue weighted by molar-refractivity contribution is -0.137. The number of carbonyl (C=O) groups excluding carboxylic acids is 1. The second kappa shape index (κ2) is 9.02. The van der Waals surface area contributed by atoms with E-state index in [1.165, 1.54) is 35.2 Å². The number of halogens is 3. The molecule has 4 rings (SSSR count). The van der Waals surface area contributed by atoms with E-state index in [9.17, 15) is 26.4 Å². The Balaban J connectivity index is 1.55. The van der Waals surface area contributed by atoms with Crippen molar-refractivity contribution in [1.29, 1.82) is 0 Å². The highest BCUT2D eigenvalue weighted by Gasteiger charge is 2.32. The fraction of sp³-hybridized carbons (Fsp3) is 0.208. The summed E-state index contributed by atoms with van der Waals surface area (Å²) in [5, 5.41) is 2.54. The van der Waals surface area contributed by atoms with E-state index in [-0.39, 0.29) is 22.1 Å². The van der Waals surface area contributed by atoms with Crippen LogP contribution in [0.1, 0.15) is 16.7 Å². The highest BCUT2D eigenvalue weighted by atomic mass is 32.2. The van der Waals surface area contributed by atoms with Gasteiger partial charge in [-0.3, -0.25) is 0 Å². The molecule has 34 heavy (non-hydrogen) atoms. The number of benzene rings is 3. The molecule has 0 aliphatic carbocycles. The molecule has 178 valence electrons. The van der Waals surface area contributed by atoms with Gasteiger partial charge >= 0.3 is 12.2 Å². The van der Waals surface area contributed by atoms with E-state index >= 15 is 0 Å². The molecule has 1 aliphatic rings. The van der Waals surface area contributed by atoms with Crippen molar-refractivity contribution in [3.63, 3.8) is 0 Å². The second-order valence-corrected chi connectivity index (χ2v) is 9.98. The monoisotopic (exact) mass is 490 g/mol. The summed E-state index contributed by atoms with van der Waals surface area (Å²) in [7, 11) is -3.42. The molecule has 0 spiro atoms. The van der Waals surface area contributed by atoms with Crippen molar-refractivity contribution in [3.05, 3.63) is 83.4 Å². The molecule has 0 aromatic heterocycles. The van der Waals surface area contributed by atoms with Gasteiger partial charge in [-0.2, -0.15) is 13.2 Å². The maximum atomic E-state index is 13.5. The second-order valence-electron chi connectivity index (χ2n) is 7.96. The van der Waals surface area contributed by atoms with Crippen LogP contribution >= 0.6 is 0 Å². The number of fused-ring (bicyclic) bond motifs is 1. The minimum Gasteiger partial charge on any atom is -0.457 e. The molecule has 1 N–H and O–H groups in total. The summed E-state index contributed by atoms with van der Waals surface area (Å²) in [5.41, 5.74) is 1.08. The summed E-state index contributed by atoms with van der Waals surface area (Å²) in [4.78, 5) is 14.4. The molecule has 0 unspecified atom stereocenters. The van der Waals surface area contributed by atoms with Crippen molar-refractivity contribution in [3.8, 4) is 11.5 Å². The van der Waals surface area contributed by atoms with Gasteiger partial charge in [0.25, 0.3) is 0 Å². The van der Waals surface area contributed by atoms with E-state index in [0.717, 1.165) is 29.5 Å². The normalized spacial score (nSPS) is 13.8. The molecule has 0 bridgehead atoms. The van der Waals surface area contributed by atoms with Gasteiger partial charge in [0, 0.05) is 31.1 Å². The number of amides is 2. The number of nitrogens with zero attached hydrogens (tertiary/aromatic N) is 1. The number of rotatable bonds is 4. The molecule has 3 aromatic carbocycles. The molecule has 2 amide bonds. The number of urea groups is 1. The smallest absolute Gasteiger partial charge is 0.416 e. The first-order valence-electron chi connectivity index (χ1n) is 10.3. The lowest BCUT2D eigenvalue weighted by atomic mass is 10.0. The number of nitrogens with one attached hydrogen (secondary N) is 1. The molecule has 1 heterocycles. The predicted molar refractivity (Wildman–Crippen MR) is 121 cm³/mol. The van der Waals surface area contributed by atoms with Crippen LogP contribution in [-0.2, 0) is 29.0 Å². The van der Waals surface area contributed by atoms with Gasteiger partial charge in [0.2, 0.25) is 0 Å². The molecular weight excluding hydrogens is 469 g/mol. The third-order valence-electron chi connectivity index (χ3n) is 5.39. The molecule has 0 radical (unpaired) electrons. The Morgan fingerprint density at radius 1 is 0.971 bits per heavy atom. The first kappa shape index (κ1) is 23.6. The van der Waals surface area contributed by atoms with Crippen molar-refractivity contribution >= 4 is 21.6 Å². The van der Waals surface area contributed by atoms with Crippen LogP contribution in [0.25, 0.3) is 0 Å². The van der Waals surface area contributed by atoms with Crippen molar-refractivity contribution < 1.29 is 31.1 Å². The van der Waals surface area contributed by atoms with Crippen molar-refractivity contribution in [2.24, 2.45) is 0 Å². The lowest BCUT2D eigenvalue weighted by Gasteiger charge is -2.29. The highest BCUT2D eigenvalue weighted by molar-refractivity contribution is 7.90. The van der Waals surface area contributed by atoms with E-state index in [0.29, 0.717) is 19.5 Å². The van der Waals surface area contributed by atoms with Crippen LogP contribution in [0.4, 0.5) is 23.7 Å². The zero-order chi connectivity index (χ0) is 24.5. The Kier molecular flexibility index (Phi) is 6.26. The van der Waals surface area contributed by atoms with Gasteiger partial charge in [0.15, 0.2) is 9.84 Å². The van der Waals surface area contributed by atoms with Crippen LogP contribution in [0.3, 0.4) is 0 Å². The van der Waals surface area contributed by atoms with Gasteiger partial charge in [-0.1, -0.05) is 24.3 Å². The first-order valence-corrected chi connectivity index (χ1v) is 12.2. The van der Waals surface area contributed by atoms with E-state index in [1.807, 2.05) is 24.3 Å². The number of hydrogen-bond acceptors (Lipinski definition) is 4. The summed E-state index contributed by atoms with van der Waals surface area (Å²) < 4.78 is 69.2. The number of hydrogen-bond donors (Lipinski definition) is 1. The summed E-state index contributed by atoms with van der Waals surface area (Å²) >= 11 is 0. The van der Waals surface area contributed by atoms with E-state index in [1.54, 1.807) is 0 Å². The number of anilines is 1. The molecule has 0 saturated heterocycles. The van der Waals surface area contributed by atoms with Crippen molar-refractivity contribution in [1.82, 2.24) is 4.90 Å². The number of sulfone groups is 1. The first-order chi connectivity index (χ1) is 16.0. The predicted octanol–water partition coefficient (Wildman–Crippen LogP) is 5.49. The van der Waals surface area contributed by atoms with Gasteiger partial charge < -0.3 is 15.0 Å². The largest absolute Gasteiger partial charge is 0.457 e. The average molecular weight is 491 g/mol. The third kappa shape index (κ3) is 5.51. The zero-order valence-corrected chi connectivity index (χ0v) is 18.9. The van der Waals surface area contributed by atoms with Crippen molar-refractivity contribution in [2.45, 2.75) is 24.0 Å². The maximum Gasteiger partial charge on any atom is 0.416 e. The van der Waals surface area contributed by atoms with Gasteiger partial charge in [-0.15, -0.1) is 0 Å². The van der Waals surface area contributed by atoms with Crippen LogP contribution in [0, 0.1) is 0 Å². The van der Waals surface area contributed by atoms with Crippen LogP contribution in [0.2, 0.25) is 0 Å². The van der Waals surface area contributed by atoms with Crippen LogP contribution in [-0.4, -0.2) is 32.1 Å². The van der Waals surface area contributed by atoms with E-state index in [2.05, 4.69) is 5.32 Å². The summed E-state index contributed by atoms with van der Waals surface area (Å²) in [6.07, 6.45) is -2.96. The Morgan fingerprint density at radius 2 is 1.65 bits per heavy atom. The number of carbonyl (C=O) groups is 1. The Bertz CT molecular complexity index is 1320. The average Bonchev–Trinajstić information content (AvgIpc) is 2.78. The fourth-order valence-corrected chi connectivity index (χ4v) is 4.29. The molecule has 0 fully saturated rings. The molecule has 6 nitrogen and oxygen atoms in total. The minimum atomic E-state index is -4.66. The molecule has 0 atom stereocenters. The molecule has 0 saturated carbocycles. The van der Waals surface area contributed by atoms with Gasteiger partial charge in [-0.25, -0.2) is 13.2 Å². The standard InChI is InChI=1S/C24H21F3N2O4S/c1-34(31,32)22-8-6-20(7-9-22)33-21-13-18(24(25,26)27)12-19(14-21)28-23(30)29-11-10-16-4-2-3-5-17(16)15-29/h2-9,12-14H,10-11,15H2,1H3,(H,28,30).